The normalized spacial score (nSPS) is 10.0. The fourth-order valence-electron chi connectivity index (χ4n) is 1.01. The lowest BCUT2D eigenvalue weighted by Gasteiger charge is -1.98. The van der Waals surface area contributed by atoms with Crippen LogP contribution in [-0.2, 0) is 0 Å². The van der Waals surface area contributed by atoms with Gasteiger partial charge in [-0.3, -0.25) is 4.98 Å². The van der Waals surface area contributed by atoms with Crippen molar-refractivity contribution < 1.29 is 0 Å². The van der Waals surface area contributed by atoms with Gasteiger partial charge in [-0.2, -0.15) is 0 Å². The summed E-state index contributed by atoms with van der Waals surface area (Å²) in [6, 6.07) is 5.62. The molecule has 0 aliphatic rings. The van der Waals surface area contributed by atoms with Gasteiger partial charge >= 0.3 is 0 Å². The highest BCUT2D eigenvalue weighted by atomic mass is 15.0. The van der Waals surface area contributed by atoms with Crippen molar-refractivity contribution in [2.24, 2.45) is 0 Å². The Morgan fingerprint density at radius 2 is 2.08 bits per heavy atom. The SMILES string of the molecule is [B]n1ccnc1-c1ccccn1. The number of rotatable bonds is 1. The average molecular weight is 155 g/mol. The molecule has 0 bridgehead atoms. The van der Waals surface area contributed by atoms with E-state index in [4.69, 9.17) is 7.98 Å². The van der Waals surface area contributed by atoms with Gasteiger partial charge in [0.2, 0.25) is 7.98 Å². The van der Waals surface area contributed by atoms with Gasteiger partial charge in [0, 0.05) is 18.6 Å². The molecule has 0 fully saturated rings. The summed E-state index contributed by atoms with van der Waals surface area (Å²) in [6.45, 7) is 0. The molecule has 0 amide bonds. The third-order valence-electron chi connectivity index (χ3n) is 1.56. The maximum Gasteiger partial charge on any atom is 0.236 e. The summed E-state index contributed by atoms with van der Waals surface area (Å²) in [6.07, 6.45) is 5.04. The molecule has 0 saturated heterocycles. The molecule has 3 nitrogen and oxygen atoms in total. The Labute approximate surface area is 71.5 Å². The van der Waals surface area contributed by atoms with Gasteiger partial charge in [-0.15, -0.1) is 0 Å². The van der Waals surface area contributed by atoms with Crippen molar-refractivity contribution in [3.05, 3.63) is 36.8 Å². The summed E-state index contributed by atoms with van der Waals surface area (Å²) in [5.74, 6) is 0.676. The van der Waals surface area contributed by atoms with Crippen molar-refractivity contribution in [1.82, 2.24) is 14.4 Å². The van der Waals surface area contributed by atoms with E-state index < -0.39 is 0 Å². The summed E-state index contributed by atoms with van der Waals surface area (Å²) in [5, 5.41) is 0. The largest absolute Gasteiger partial charge is 0.386 e. The van der Waals surface area contributed by atoms with E-state index in [0.717, 1.165) is 5.69 Å². The van der Waals surface area contributed by atoms with Crippen molar-refractivity contribution >= 4 is 7.98 Å². The Balaban J connectivity index is 2.51. The van der Waals surface area contributed by atoms with Crippen LogP contribution in [0.5, 0.6) is 0 Å². The molecule has 4 heteroatoms. The van der Waals surface area contributed by atoms with Gasteiger partial charge in [0.15, 0.2) is 0 Å². The highest BCUT2D eigenvalue weighted by molar-refractivity contribution is 6.08. The van der Waals surface area contributed by atoms with Crippen molar-refractivity contribution in [2.75, 3.05) is 0 Å². The van der Waals surface area contributed by atoms with E-state index in [0.29, 0.717) is 5.82 Å². The Morgan fingerprint density at radius 3 is 2.67 bits per heavy atom. The third-order valence-corrected chi connectivity index (χ3v) is 1.56. The van der Waals surface area contributed by atoms with E-state index in [1.165, 1.54) is 4.48 Å². The van der Waals surface area contributed by atoms with Gasteiger partial charge in [0.05, 0.1) is 0 Å². The van der Waals surface area contributed by atoms with Crippen LogP contribution in [0.15, 0.2) is 36.8 Å². The van der Waals surface area contributed by atoms with Gasteiger partial charge < -0.3 is 4.48 Å². The zero-order chi connectivity index (χ0) is 8.39. The molecule has 0 aliphatic carbocycles. The zero-order valence-corrected chi connectivity index (χ0v) is 6.38. The number of imidazole rings is 1. The smallest absolute Gasteiger partial charge is 0.236 e. The van der Waals surface area contributed by atoms with Crippen LogP contribution in [0.1, 0.15) is 0 Å². The number of hydrogen-bond acceptors (Lipinski definition) is 2. The highest BCUT2D eigenvalue weighted by Gasteiger charge is 2.01. The predicted octanol–water partition coefficient (Wildman–Crippen LogP) is 0.877. The Kier molecular flexibility index (Phi) is 1.66. The summed E-state index contributed by atoms with van der Waals surface area (Å²) in [4.78, 5) is 8.18. The molecule has 0 atom stereocenters. The first kappa shape index (κ1) is 7.09. The van der Waals surface area contributed by atoms with E-state index in [2.05, 4.69) is 9.97 Å². The summed E-state index contributed by atoms with van der Waals surface area (Å²) in [5.41, 5.74) is 0.782. The molecule has 0 unspecified atom stereocenters. The molecular formula is C8H6BN3. The fourth-order valence-corrected chi connectivity index (χ4v) is 1.01. The standard InChI is InChI=1S/C8H6BN3/c9-12-6-5-11-8(12)7-3-1-2-4-10-7/h1-6H. The van der Waals surface area contributed by atoms with E-state index in [1.807, 2.05) is 18.2 Å². The highest BCUT2D eigenvalue weighted by Crippen LogP contribution is 2.10. The topological polar surface area (TPSA) is 30.7 Å². The summed E-state index contributed by atoms with van der Waals surface area (Å²) < 4.78 is 1.45. The van der Waals surface area contributed by atoms with E-state index in [9.17, 15) is 0 Å². The van der Waals surface area contributed by atoms with Crippen LogP contribution >= 0.6 is 0 Å². The van der Waals surface area contributed by atoms with Crippen LogP contribution in [0.4, 0.5) is 0 Å². The van der Waals surface area contributed by atoms with Crippen molar-refractivity contribution in [3.8, 4) is 11.5 Å². The minimum absolute atomic E-state index is 0.676. The Morgan fingerprint density at radius 1 is 1.17 bits per heavy atom. The molecule has 2 rings (SSSR count). The maximum atomic E-state index is 5.59. The molecule has 12 heavy (non-hydrogen) atoms. The van der Waals surface area contributed by atoms with E-state index in [-0.39, 0.29) is 0 Å². The molecule has 0 saturated carbocycles. The second kappa shape index (κ2) is 2.81. The molecule has 2 heterocycles. The Hall–Kier alpha value is -1.58. The second-order valence-corrected chi connectivity index (χ2v) is 2.37. The van der Waals surface area contributed by atoms with Crippen LogP contribution in [0.25, 0.3) is 11.5 Å². The molecule has 2 aromatic heterocycles. The second-order valence-electron chi connectivity index (χ2n) is 2.37. The van der Waals surface area contributed by atoms with Gasteiger partial charge in [-0.05, 0) is 12.1 Å². The first-order valence-electron chi connectivity index (χ1n) is 3.58. The van der Waals surface area contributed by atoms with Gasteiger partial charge in [-0.1, -0.05) is 6.07 Å². The first-order chi connectivity index (χ1) is 5.88. The monoisotopic (exact) mass is 155 g/mol. The lowest BCUT2D eigenvalue weighted by Crippen LogP contribution is -1.94. The van der Waals surface area contributed by atoms with Gasteiger partial charge in [0.1, 0.15) is 11.5 Å². The third kappa shape index (κ3) is 1.11. The molecule has 0 aromatic carbocycles. The molecular weight excluding hydrogens is 149 g/mol. The van der Waals surface area contributed by atoms with Gasteiger partial charge in [0.25, 0.3) is 0 Å². The molecule has 2 aromatic rings. The quantitative estimate of drug-likeness (QED) is 0.572. The van der Waals surface area contributed by atoms with Crippen LogP contribution in [0.2, 0.25) is 0 Å². The average Bonchev–Trinajstić information content (AvgIpc) is 2.53. The maximum absolute atomic E-state index is 5.59. The first-order valence-corrected chi connectivity index (χ1v) is 3.58. The van der Waals surface area contributed by atoms with Crippen LogP contribution in [-0.4, -0.2) is 22.4 Å². The Bertz CT molecular complexity index is 369. The van der Waals surface area contributed by atoms with Crippen LogP contribution < -0.4 is 0 Å². The van der Waals surface area contributed by atoms with E-state index in [1.54, 1.807) is 18.6 Å². The fraction of sp³-hybridized carbons (Fsp3) is 0. The predicted molar refractivity (Wildman–Crippen MR) is 46.6 cm³/mol. The molecule has 0 aliphatic heterocycles. The van der Waals surface area contributed by atoms with Gasteiger partial charge in [-0.25, -0.2) is 4.98 Å². The molecule has 0 spiro atoms. The number of aromatic nitrogens is 3. The summed E-state index contributed by atoms with van der Waals surface area (Å²) >= 11 is 0. The molecule has 56 valence electrons. The zero-order valence-electron chi connectivity index (χ0n) is 6.38. The minimum Gasteiger partial charge on any atom is -0.386 e. The molecule has 2 radical (unpaired) electrons. The van der Waals surface area contributed by atoms with E-state index >= 15 is 0 Å². The van der Waals surface area contributed by atoms with Crippen molar-refractivity contribution in [2.45, 2.75) is 0 Å². The van der Waals surface area contributed by atoms with Crippen molar-refractivity contribution in [1.29, 1.82) is 0 Å². The number of hydrogen-bond donors (Lipinski definition) is 0. The summed E-state index contributed by atoms with van der Waals surface area (Å²) in [7, 11) is 5.59. The van der Waals surface area contributed by atoms with Crippen LogP contribution in [0.3, 0.4) is 0 Å². The van der Waals surface area contributed by atoms with Crippen LogP contribution in [0, 0.1) is 0 Å². The van der Waals surface area contributed by atoms with Crippen molar-refractivity contribution in [3.63, 3.8) is 0 Å². The number of pyridine rings is 1. The lowest BCUT2D eigenvalue weighted by molar-refractivity contribution is 1.17. The molecule has 0 N–H and O–H groups in total. The minimum atomic E-state index is 0.676. The lowest BCUT2D eigenvalue weighted by atomic mass is 10.3. The number of nitrogens with zero attached hydrogens (tertiary/aromatic N) is 3.